The molecule has 0 N–H and O–H groups in total. The Morgan fingerprint density at radius 1 is 1.07 bits per heavy atom. The third kappa shape index (κ3) is 1.75. The molecule has 0 bridgehead atoms. The second-order valence-corrected chi connectivity index (χ2v) is 3.79. The van der Waals surface area contributed by atoms with Gasteiger partial charge in [0, 0.05) is 7.05 Å². The molecule has 15 heavy (non-hydrogen) atoms. The van der Waals surface area contributed by atoms with Crippen LogP contribution in [0.1, 0.15) is 17.0 Å². The molecule has 4 heteroatoms. The van der Waals surface area contributed by atoms with Crippen molar-refractivity contribution in [2.45, 2.75) is 20.8 Å². The van der Waals surface area contributed by atoms with Crippen molar-refractivity contribution in [3.05, 3.63) is 29.1 Å². The van der Waals surface area contributed by atoms with Crippen molar-refractivity contribution in [3.8, 4) is 11.4 Å². The Morgan fingerprint density at radius 2 is 1.80 bits per heavy atom. The van der Waals surface area contributed by atoms with Crippen LogP contribution in [0.3, 0.4) is 0 Å². The van der Waals surface area contributed by atoms with Crippen LogP contribution in [0.2, 0.25) is 0 Å². The topological polar surface area (TPSA) is 43.6 Å². The molecule has 0 spiro atoms. The summed E-state index contributed by atoms with van der Waals surface area (Å²) in [6.07, 6.45) is 0. The summed E-state index contributed by atoms with van der Waals surface area (Å²) in [5, 5.41) is 12.6. The molecule has 0 unspecified atom stereocenters. The number of rotatable bonds is 1. The quantitative estimate of drug-likeness (QED) is 0.708. The van der Waals surface area contributed by atoms with Gasteiger partial charge >= 0.3 is 0 Å². The van der Waals surface area contributed by atoms with Gasteiger partial charge in [-0.15, -0.1) is 5.10 Å². The molecule has 0 aliphatic heterocycles. The number of hydrogen-bond donors (Lipinski definition) is 0. The van der Waals surface area contributed by atoms with Crippen molar-refractivity contribution in [1.82, 2.24) is 20.0 Å². The van der Waals surface area contributed by atoms with E-state index in [0.29, 0.717) is 0 Å². The van der Waals surface area contributed by atoms with Gasteiger partial charge in [-0.25, -0.2) is 0 Å². The normalized spacial score (nSPS) is 10.7. The highest BCUT2D eigenvalue weighted by molar-refractivity contribution is 5.55. The summed E-state index contributed by atoms with van der Waals surface area (Å²) >= 11 is 0. The first-order valence-corrected chi connectivity index (χ1v) is 4.90. The van der Waals surface area contributed by atoms with Crippen LogP contribution in [-0.2, 0) is 7.05 Å². The fraction of sp³-hybridized carbons (Fsp3) is 0.364. The van der Waals surface area contributed by atoms with Gasteiger partial charge in [0.15, 0.2) is 0 Å². The largest absolute Gasteiger partial charge is 0.266 e. The molecule has 2 aromatic heterocycles. The first kappa shape index (κ1) is 9.83. The highest BCUT2D eigenvalue weighted by Crippen LogP contribution is 2.18. The average molecular weight is 202 g/mol. The van der Waals surface area contributed by atoms with Crippen LogP contribution in [0.4, 0.5) is 0 Å². The molecule has 2 aromatic rings. The summed E-state index contributed by atoms with van der Waals surface area (Å²) in [4.78, 5) is 0. The van der Waals surface area contributed by atoms with Crippen LogP contribution < -0.4 is 0 Å². The van der Waals surface area contributed by atoms with E-state index in [2.05, 4.69) is 15.3 Å². The van der Waals surface area contributed by atoms with Gasteiger partial charge in [-0.1, -0.05) is 0 Å². The van der Waals surface area contributed by atoms with E-state index in [4.69, 9.17) is 0 Å². The van der Waals surface area contributed by atoms with Gasteiger partial charge < -0.3 is 0 Å². The molecule has 2 heterocycles. The maximum Gasteiger partial charge on any atom is 0.111 e. The minimum atomic E-state index is 0.876. The lowest BCUT2D eigenvalue weighted by atomic mass is 10.2. The van der Waals surface area contributed by atoms with Crippen LogP contribution in [0.25, 0.3) is 11.4 Å². The van der Waals surface area contributed by atoms with E-state index in [1.54, 1.807) is 0 Å². The highest BCUT2D eigenvalue weighted by atomic mass is 15.3. The van der Waals surface area contributed by atoms with E-state index in [0.717, 1.165) is 28.3 Å². The Balaban J connectivity index is 2.54. The summed E-state index contributed by atoms with van der Waals surface area (Å²) in [5.74, 6) is 0. The van der Waals surface area contributed by atoms with Crippen molar-refractivity contribution < 1.29 is 0 Å². The molecule has 0 aliphatic carbocycles. The number of aryl methyl sites for hydroxylation is 4. The summed E-state index contributed by atoms with van der Waals surface area (Å²) in [7, 11) is 1.92. The molecular weight excluding hydrogens is 188 g/mol. The van der Waals surface area contributed by atoms with Crippen molar-refractivity contribution >= 4 is 0 Å². The van der Waals surface area contributed by atoms with Gasteiger partial charge in [-0.3, -0.25) is 4.68 Å². The lowest BCUT2D eigenvalue weighted by Gasteiger charge is -2.02. The predicted octanol–water partition coefficient (Wildman–Crippen LogP) is 1.80. The monoisotopic (exact) mass is 202 g/mol. The molecule has 0 radical (unpaired) electrons. The van der Waals surface area contributed by atoms with Crippen LogP contribution in [0, 0.1) is 20.8 Å². The lowest BCUT2D eigenvalue weighted by Crippen LogP contribution is -1.98. The second-order valence-electron chi connectivity index (χ2n) is 3.79. The van der Waals surface area contributed by atoms with Crippen molar-refractivity contribution in [2.75, 3.05) is 0 Å². The van der Waals surface area contributed by atoms with E-state index in [9.17, 15) is 0 Å². The Kier molecular flexibility index (Phi) is 2.26. The molecule has 0 saturated carbocycles. The minimum absolute atomic E-state index is 0.876. The zero-order valence-corrected chi connectivity index (χ0v) is 9.44. The highest BCUT2D eigenvalue weighted by Gasteiger charge is 2.07. The molecule has 0 fully saturated rings. The molecule has 78 valence electrons. The Bertz CT molecular complexity index is 499. The molecular formula is C11H14N4. The summed E-state index contributed by atoms with van der Waals surface area (Å²) in [5.41, 5.74) is 4.99. The third-order valence-corrected chi connectivity index (χ3v) is 2.50. The molecule has 0 aromatic carbocycles. The van der Waals surface area contributed by atoms with Crippen molar-refractivity contribution in [2.24, 2.45) is 7.05 Å². The van der Waals surface area contributed by atoms with Gasteiger partial charge in [0.05, 0.1) is 17.1 Å². The number of hydrogen-bond acceptors (Lipinski definition) is 3. The standard InChI is InChI=1S/C11H14N4/c1-7-5-10(13-12-9(7)3)11-6-8(2)14-15(11)4/h5-6H,1-4H3. The predicted molar refractivity (Wildman–Crippen MR) is 58.4 cm³/mol. The van der Waals surface area contributed by atoms with Gasteiger partial charge in [0.2, 0.25) is 0 Å². The SMILES string of the molecule is Cc1cc(-c2cc(C)c(C)nn2)n(C)n1. The fourth-order valence-electron chi connectivity index (χ4n) is 1.52. The Morgan fingerprint density at radius 3 is 2.33 bits per heavy atom. The Labute approximate surface area is 89.0 Å². The second kappa shape index (κ2) is 3.46. The van der Waals surface area contributed by atoms with Crippen LogP contribution in [0.15, 0.2) is 12.1 Å². The maximum atomic E-state index is 4.29. The first-order chi connectivity index (χ1) is 7.08. The van der Waals surface area contributed by atoms with Crippen LogP contribution in [-0.4, -0.2) is 20.0 Å². The van der Waals surface area contributed by atoms with E-state index < -0.39 is 0 Å². The van der Waals surface area contributed by atoms with Gasteiger partial charge in [-0.05, 0) is 38.5 Å². The molecule has 0 saturated heterocycles. The molecule has 0 atom stereocenters. The van der Waals surface area contributed by atoms with E-state index in [1.165, 1.54) is 0 Å². The van der Waals surface area contributed by atoms with E-state index >= 15 is 0 Å². The van der Waals surface area contributed by atoms with E-state index in [-0.39, 0.29) is 0 Å². The molecule has 4 nitrogen and oxygen atoms in total. The minimum Gasteiger partial charge on any atom is -0.266 e. The zero-order chi connectivity index (χ0) is 11.0. The fourth-order valence-corrected chi connectivity index (χ4v) is 1.52. The molecule has 2 rings (SSSR count). The van der Waals surface area contributed by atoms with Crippen LogP contribution >= 0.6 is 0 Å². The van der Waals surface area contributed by atoms with Crippen molar-refractivity contribution in [1.29, 1.82) is 0 Å². The Hall–Kier alpha value is -1.71. The maximum absolute atomic E-state index is 4.29. The molecule has 0 aliphatic rings. The number of aromatic nitrogens is 4. The average Bonchev–Trinajstić information content (AvgIpc) is 2.50. The van der Waals surface area contributed by atoms with Crippen molar-refractivity contribution in [3.63, 3.8) is 0 Å². The third-order valence-electron chi connectivity index (χ3n) is 2.50. The molecule has 0 amide bonds. The van der Waals surface area contributed by atoms with Crippen LogP contribution in [0.5, 0.6) is 0 Å². The van der Waals surface area contributed by atoms with E-state index in [1.807, 2.05) is 44.6 Å². The van der Waals surface area contributed by atoms with Gasteiger partial charge in [0.25, 0.3) is 0 Å². The summed E-state index contributed by atoms with van der Waals surface area (Å²) < 4.78 is 1.83. The zero-order valence-electron chi connectivity index (χ0n) is 9.44. The first-order valence-electron chi connectivity index (χ1n) is 4.90. The summed E-state index contributed by atoms with van der Waals surface area (Å²) in [6, 6.07) is 4.05. The summed E-state index contributed by atoms with van der Waals surface area (Å²) in [6.45, 7) is 5.97. The lowest BCUT2D eigenvalue weighted by molar-refractivity contribution is 0.759. The van der Waals surface area contributed by atoms with Gasteiger partial charge in [-0.2, -0.15) is 10.2 Å². The number of nitrogens with zero attached hydrogens (tertiary/aromatic N) is 4. The van der Waals surface area contributed by atoms with Gasteiger partial charge in [0.1, 0.15) is 5.69 Å². The smallest absolute Gasteiger partial charge is 0.111 e.